The van der Waals surface area contributed by atoms with E-state index in [1.54, 1.807) is 12.1 Å². The second-order valence-electron chi connectivity index (χ2n) is 3.92. The summed E-state index contributed by atoms with van der Waals surface area (Å²) < 4.78 is 13.9. The minimum Gasteiger partial charge on any atom is -0.293 e. The second-order valence-corrected chi connectivity index (χ2v) is 9.09. The molecule has 0 amide bonds. The third-order valence-electron chi connectivity index (χ3n) is 2.56. The van der Waals surface area contributed by atoms with Gasteiger partial charge in [0.15, 0.2) is 5.78 Å². The average molecular weight is 422 g/mol. The van der Waals surface area contributed by atoms with Gasteiger partial charge >= 0.3 is 0 Å². The number of aryl methyl sites for hydroxylation is 1. The van der Waals surface area contributed by atoms with E-state index in [2.05, 4.69) is 31.9 Å². The van der Waals surface area contributed by atoms with E-state index in [1.807, 2.05) is 25.1 Å². The van der Waals surface area contributed by atoms with Crippen LogP contribution in [0.5, 0.6) is 0 Å². The van der Waals surface area contributed by atoms with Crippen molar-refractivity contribution in [1.29, 1.82) is 0 Å². The van der Waals surface area contributed by atoms with Crippen LogP contribution < -0.4 is 0 Å². The molecule has 1 aromatic carbocycles. The first kappa shape index (κ1) is 15.1. The molecule has 0 radical (unpaired) electrons. The topological polar surface area (TPSA) is 34.1 Å². The van der Waals surface area contributed by atoms with Gasteiger partial charge in [-0.3, -0.25) is 9.00 Å². The van der Waals surface area contributed by atoms with Gasteiger partial charge in [-0.15, -0.1) is 11.3 Å². The number of Topliss-reactive ketones (excluding diaryl/α,β-unsaturated/α-hetero) is 1. The summed E-state index contributed by atoms with van der Waals surface area (Å²) in [6.45, 7) is 1.90. The van der Waals surface area contributed by atoms with E-state index >= 15 is 0 Å². The van der Waals surface area contributed by atoms with Crippen molar-refractivity contribution in [2.75, 3.05) is 5.75 Å². The highest BCUT2D eigenvalue weighted by Gasteiger charge is 2.18. The lowest BCUT2D eigenvalue weighted by molar-refractivity contribution is 0.102. The van der Waals surface area contributed by atoms with Crippen LogP contribution in [0.25, 0.3) is 0 Å². The third-order valence-corrected chi connectivity index (χ3v) is 6.37. The Morgan fingerprint density at radius 2 is 2.00 bits per heavy atom. The second kappa shape index (κ2) is 6.43. The van der Waals surface area contributed by atoms with Crippen LogP contribution in [0.2, 0.25) is 0 Å². The number of carbonyl (C=O) groups excluding carboxylic acids is 1. The fraction of sp³-hybridized carbons (Fsp3) is 0.154. The molecule has 1 atom stereocenters. The van der Waals surface area contributed by atoms with Crippen LogP contribution in [0.15, 0.2) is 42.8 Å². The molecule has 6 heteroatoms. The summed E-state index contributed by atoms with van der Waals surface area (Å²) >= 11 is 8.12. The van der Waals surface area contributed by atoms with Crippen LogP contribution in [-0.2, 0) is 10.8 Å². The summed E-state index contributed by atoms with van der Waals surface area (Å²) in [6, 6.07) is 9.18. The average Bonchev–Trinajstić information content (AvgIpc) is 2.69. The van der Waals surface area contributed by atoms with Gasteiger partial charge in [0.1, 0.15) is 0 Å². The van der Waals surface area contributed by atoms with E-state index < -0.39 is 10.8 Å². The summed E-state index contributed by atoms with van der Waals surface area (Å²) in [7, 11) is -1.31. The van der Waals surface area contributed by atoms with Crippen LogP contribution in [-0.4, -0.2) is 15.7 Å². The number of halogens is 2. The molecule has 2 rings (SSSR count). The standard InChI is InChI=1S/C13H10Br2O2S2/c1-8-4-2-3-5-11(8)19(17)7-10(16)9-6-12(14)18-13(9)15/h2-6H,7H2,1H3. The minimum absolute atomic E-state index is 0.00657. The fourth-order valence-electron chi connectivity index (χ4n) is 1.62. The van der Waals surface area contributed by atoms with Gasteiger partial charge in [-0.2, -0.15) is 0 Å². The van der Waals surface area contributed by atoms with E-state index in [-0.39, 0.29) is 11.5 Å². The predicted molar refractivity (Wildman–Crippen MR) is 86.5 cm³/mol. The molecule has 0 spiro atoms. The first-order valence-electron chi connectivity index (χ1n) is 5.41. The zero-order chi connectivity index (χ0) is 14.0. The lowest BCUT2D eigenvalue weighted by Crippen LogP contribution is -2.11. The van der Waals surface area contributed by atoms with E-state index in [1.165, 1.54) is 11.3 Å². The zero-order valence-corrected chi connectivity index (χ0v) is 14.8. The van der Waals surface area contributed by atoms with Crippen LogP contribution in [0.3, 0.4) is 0 Å². The molecule has 1 aromatic heterocycles. The maximum absolute atomic E-state index is 12.2. The molecule has 0 fully saturated rings. The highest BCUT2D eigenvalue weighted by molar-refractivity contribution is 9.12. The van der Waals surface area contributed by atoms with E-state index in [4.69, 9.17) is 0 Å². The number of hydrogen-bond acceptors (Lipinski definition) is 3. The Morgan fingerprint density at radius 1 is 1.32 bits per heavy atom. The molecular formula is C13H10Br2O2S2. The van der Waals surface area contributed by atoms with Crippen molar-refractivity contribution in [3.05, 3.63) is 49.0 Å². The molecule has 0 saturated heterocycles. The zero-order valence-electron chi connectivity index (χ0n) is 9.98. The predicted octanol–water partition coefficient (Wildman–Crippen LogP) is 4.57. The summed E-state index contributed by atoms with van der Waals surface area (Å²) in [5.41, 5.74) is 1.53. The van der Waals surface area contributed by atoms with Crippen LogP contribution in [0.1, 0.15) is 15.9 Å². The third kappa shape index (κ3) is 3.62. The molecule has 0 aliphatic carbocycles. The van der Waals surface area contributed by atoms with Gasteiger partial charge in [-0.05, 0) is 56.5 Å². The Morgan fingerprint density at radius 3 is 2.58 bits per heavy atom. The summed E-state index contributed by atoms with van der Waals surface area (Å²) in [6.07, 6.45) is 0. The van der Waals surface area contributed by atoms with Crippen LogP contribution >= 0.6 is 43.2 Å². The van der Waals surface area contributed by atoms with E-state index in [0.29, 0.717) is 5.56 Å². The van der Waals surface area contributed by atoms with E-state index in [0.717, 1.165) is 18.0 Å². The number of carbonyl (C=O) groups is 1. The Kier molecular flexibility index (Phi) is 5.11. The van der Waals surface area contributed by atoms with Gasteiger partial charge in [0, 0.05) is 10.5 Å². The number of rotatable bonds is 4. The van der Waals surface area contributed by atoms with Gasteiger partial charge in [-0.25, -0.2) is 0 Å². The highest BCUT2D eigenvalue weighted by Crippen LogP contribution is 2.32. The molecule has 0 N–H and O–H groups in total. The summed E-state index contributed by atoms with van der Waals surface area (Å²) in [5.74, 6) is -0.109. The highest BCUT2D eigenvalue weighted by atomic mass is 79.9. The maximum Gasteiger partial charge on any atom is 0.177 e. The Bertz CT molecular complexity index is 650. The van der Waals surface area contributed by atoms with Gasteiger partial charge in [-0.1, -0.05) is 18.2 Å². The normalized spacial score (nSPS) is 12.4. The van der Waals surface area contributed by atoms with Crippen molar-refractivity contribution in [2.24, 2.45) is 0 Å². The Labute approximate surface area is 134 Å². The largest absolute Gasteiger partial charge is 0.293 e. The Hall–Kier alpha value is -0.300. The molecule has 100 valence electrons. The van der Waals surface area contributed by atoms with E-state index in [9.17, 15) is 9.00 Å². The van der Waals surface area contributed by atoms with Crippen molar-refractivity contribution >= 4 is 59.8 Å². The number of ketones is 1. The fourth-order valence-corrected chi connectivity index (χ4v) is 5.68. The maximum atomic E-state index is 12.2. The van der Waals surface area contributed by atoms with Gasteiger partial charge in [0.05, 0.1) is 24.1 Å². The lowest BCUT2D eigenvalue weighted by Gasteiger charge is -2.04. The molecular weight excluding hydrogens is 412 g/mol. The quantitative estimate of drug-likeness (QED) is 0.677. The van der Waals surface area contributed by atoms with Gasteiger partial charge in [0.2, 0.25) is 0 Å². The number of thiophene rings is 1. The lowest BCUT2D eigenvalue weighted by atomic mass is 10.2. The molecule has 0 saturated carbocycles. The Balaban J connectivity index is 2.18. The van der Waals surface area contributed by atoms with Crippen molar-refractivity contribution in [2.45, 2.75) is 11.8 Å². The van der Waals surface area contributed by atoms with Gasteiger partial charge < -0.3 is 0 Å². The smallest absolute Gasteiger partial charge is 0.177 e. The molecule has 2 nitrogen and oxygen atoms in total. The molecule has 0 aliphatic heterocycles. The number of hydrogen-bond donors (Lipinski definition) is 0. The molecule has 1 unspecified atom stereocenters. The molecule has 0 aliphatic rings. The SMILES string of the molecule is Cc1ccccc1S(=O)CC(=O)c1cc(Br)sc1Br. The van der Waals surface area contributed by atoms with Crippen LogP contribution in [0, 0.1) is 6.92 Å². The number of benzene rings is 1. The van der Waals surface area contributed by atoms with Crippen molar-refractivity contribution in [3.8, 4) is 0 Å². The first-order valence-corrected chi connectivity index (χ1v) is 9.13. The molecule has 19 heavy (non-hydrogen) atoms. The molecule has 0 bridgehead atoms. The van der Waals surface area contributed by atoms with Crippen molar-refractivity contribution in [3.63, 3.8) is 0 Å². The van der Waals surface area contributed by atoms with Crippen molar-refractivity contribution < 1.29 is 9.00 Å². The molecule has 1 heterocycles. The molecule has 2 aromatic rings. The minimum atomic E-state index is -1.31. The van der Waals surface area contributed by atoms with Crippen molar-refractivity contribution in [1.82, 2.24) is 0 Å². The van der Waals surface area contributed by atoms with Crippen LogP contribution in [0.4, 0.5) is 0 Å². The summed E-state index contributed by atoms with van der Waals surface area (Å²) in [4.78, 5) is 12.9. The first-order chi connectivity index (χ1) is 8.99. The monoisotopic (exact) mass is 420 g/mol. The summed E-state index contributed by atoms with van der Waals surface area (Å²) in [5, 5.41) is 0. The van der Waals surface area contributed by atoms with Gasteiger partial charge in [0.25, 0.3) is 0 Å².